The largest absolute Gasteiger partial charge is 0.352 e. The first kappa shape index (κ1) is 9.27. The van der Waals surface area contributed by atoms with Crippen LogP contribution in [0.5, 0.6) is 0 Å². The fourth-order valence-electron chi connectivity index (χ4n) is 0.467. The van der Waals surface area contributed by atoms with Gasteiger partial charge in [-0.2, -0.15) is 0 Å². The minimum absolute atomic E-state index is 0.0125. The molecule has 0 aliphatic carbocycles. The molecule has 0 aromatic carbocycles. The molecule has 3 nitrogen and oxygen atoms in total. The first-order valence-corrected chi connectivity index (χ1v) is 3.37. The van der Waals surface area contributed by atoms with E-state index in [2.05, 4.69) is 5.32 Å². The molecule has 0 unspecified atom stereocenters. The highest BCUT2D eigenvalue weighted by atomic mass is 15.3. The number of hydrogen-bond donors (Lipinski definition) is 2. The van der Waals surface area contributed by atoms with Gasteiger partial charge in [0.1, 0.15) is 0 Å². The average molecular weight is 143 g/mol. The third-order valence-electron chi connectivity index (χ3n) is 0.941. The SMILES string of the molecule is CN(C)C(=N)NC(C)(C)C. The molecule has 0 aliphatic heterocycles. The Morgan fingerprint density at radius 1 is 1.30 bits per heavy atom. The van der Waals surface area contributed by atoms with Gasteiger partial charge in [-0.25, -0.2) is 0 Å². The summed E-state index contributed by atoms with van der Waals surface area (Å²) >= 11 is 0. The van der Waals surface area contributed by atoms with E-state index in [1.807, 2.05) is 34.9 Å². The maximum atomic E-state index is 7.41. The third kappa shape index (κ3) is 4.18. The Morgan fingerprint density at radius 3 is 1.80 bits per heavy atom. The van der Waals surface area contributed by atoms with Crippen LogP contribution in [0, 0.1) is 5.41 Å². The van der Waals surface area contributed by atoms with E-state index in [4.69, 9.17) is 5.41 Å². The first-order valence-electron chi connectivity index (χ1n) is 3.37. The number of nitrogens with one attached hydrogen (secondary N) is 2. The Bertz CT molecular complexity index is 121. The number of rotatable bonds is 0. The Hall–Kier alpha value is -0.730. The molecule has 3 heteroatoms. The van der Waals surface area contributed by atoms with Crippen LogP contribution in [0.3, 0.4) is 0 Å². The summed E-state index contributed by atoms with van der Waals surface area (Å²) in [5, 5.41) is 10.4. The van der Waals surface area contributed by atoms with Gasteiger partial charge >= 0.3 is 0 Å². The third-order valence-corrected chi connectivity index (χ3v) is 0.941. The lowest BCUT2D eigenvalue weighted by molar-refractivity contribution is 0.463. The van der Waals surface area contributed by atoms with Gasteiger partial charge in [-0.3, -0.25) is 5.41 Å². The Morgan fingerprint density at radius 2 is 1.70 bits per heavy atom. The molecule has 0 rings (SSSR count). The minimum Gasteiger partial charge on any atom is -0.352 e. The summed E-state index contributed by atoms with van der Waals surface area (Å²) in [7, 11) is 3.70. The van der Waals surface area contributed by atoms with Crippen LogP contribution in [0.4, 0.5) is 0 Å². The molecule has 0 fully saturated rings. The Balaban J connectivity index is 3.81. The zero-order valence-corrected chi connectivity index (χ0v) is 7.45. The average Bonchev–Trinajstić information content (AvgIpc) is 1.60. The van der Waals surface area contributed by atoms with E-state index >= 15 is 0 Å². The van der Waals surface area contributed by atoms with E-state index in [-0.39, 0.29) is 5.54 Å². The van der Waals surface area contributed by atoms with E-state index in [1.54, 1.807) is 4.90 Å². The van der Waals surface area contributed by atoms with Crippen molar-refractivity contribution >= 4 is 5.96 Å². The standard InChI is InChI=1S/C7H17N3/c1-7(2,3)9-6(8)10(4)5/h1-5H3,(H2,8,9). The quantitative estimate of drug-likeness (QED) is 0.390. The Kier molecular flexibility index (Phi) is 2.69. The van der Waals surface area contributed by atoms with Gasteiger partial charge in [0.15, 0.2) is 5.96 Å². The monoisotopic (exact) mass is 143 g/mol. The van der Waals surface area contributed by atoms with Gasteiger partial charge in [-0.1, -0.05) is 0 Å². The van der Waals surface area contributed by atoms with Crippen molar-refractivity contribution in [2.75, 3.05) is 14.1 Å². The molecule has 0 aromatic heterocycles. The van der Waals surface area contributed by atoms with Crippen molar-refractivity contribution in [2.45, 2.75) is 26.3 Å². The van der Waals surface area contributed by atoms with Crippen molar-refractivity contribution < 1.29 is 0 Å². The van der Waals surface area contributed by atoms with Crippen LogP contribution >= 0.6 is 0 Å². The molecule has 10 heavy (non-hydrogen) atoms. The first-order chi connectivity index (χ1) is 4.33. The van der Waals surface area contributed by atoms with Crippen molar-refractivity contribution in [1.82, 2.24) is 10.2 Å². The number of guanidine groups is 1. The maximum Gasteiger partial charge on any atom is 0.190 e. The zero-order valence-electron chi connectivity index (χ0n) is 7.45. The summed E-state index contributed by atoms with van der Waals surface area (Å²) < 4.78 is 0. The zero-order chi connectivity index (χ0) is 8.36. The topological polar surface area (TPSA) is 39.1 Å². The van der Waals surface area contributed by atoms with Crippen molar-refractivity contribution in [1.29, 1.82) is 5.41 Å². The molecule has 0 saturated carbocycles. The summed E-state index contributed by atoms with van der Waals surface area (Å²) in [6.07, 6.45) is 0. The number of hydrogen-bond acceptors (Lipinski definition) is 1. The molecule has 0 amide bonds. The molecule has 0 atom stereocenters. The van der Waals surface area contributed by atoms with E-state index in [0.29, 0.717) is 5.96 Å². The molecule has 0 bridgehead atoms. The molecule has 60 valence electrons. The van der Waals surface area contributed by atoms with Gasteiger partial charge in [-0.05, 0) is 20.8 Å². The highest BCUT2D eigenvalue weighted by Crippen LogP contribution is 1.97. The van der Waals surface area contributed by atoms with Gasteiger partial charge in [0.2, 0.25) is 0 Å². The van der Waals surface area contributed by atoms with Crippen LogP contribution in [-0.4, -0.2) is 30.5 Å². The van der Waals surface area contributed by atoms with Gasteiger partial charge in [0.05, 0.1) is 0 Å². The van der Waals surface area contributed by atoms with Crippen LogP contribution < -0.4 is 5.32 Å². The van der Waals surface area contributed by atoms with Gasteiger partial charge in [0.25, 0.3) is 0 Å². The molecular weight excluding hydrogens is 126 g/mol. The fourth-order valence-corrected chi connectivity index (χ4v) is 0.467. The molecular formula is C7H17N3. The van der Waals surface area contributed by atoms with Gasteiger partial charge < -0.3 is 10.2 Å². The van der Waals surface area contributed by atoms with E-state index in [0.717, 1.165) is 0 Å². The molecule has 0 aliphatic rings. The lowest BCUT2D eigenvalue weighted by Crippen LogP contribution is -2.46. The van der Waals surface area contributed by atoms with E-state index < -0.39 is 0 Å². The highest BCUT2D eigenvalue weighted by Gasteiger charge is 2.11. The van der Waals surface area contributed by atoms with E-state index in [1.165, 1.54) is 0 Å². The lowest BCUT2D eigenvalue weighted by Gasteiger charge is -2.25. The second-order valence-electron chi connectivity index (χ2n) is 3.62. The van der Waals surface area contributed by atoms with Gasteiger partial charge in [-0.15, -0.1) is 0 Å². The molecule has 0 aromatic rings. The molecule has 0 saturated heterocycles. The van der Waals surface area contributed by atoms with Crippen LogP contribution in [-0.2, 0) is 0 Å². The highest BCUT2D eigenvalue weighted by molar-refractivity contribution is 5.76. The summed E-state index contributed by atoms with van der Waals surface area (Å²) in [5.41, 5.74) is -0.0125. The second-order valence-corrected chi connectivity index (χ2v) is 3.62. The smallest absolute Gasteiger partial charge is 0.190 e. The van der Waals surface area contributed by atoms with Gasteiger partial charge in [0, 0.05) is 19.6 Å². The van der Waals surface area contributed by atoms with Crippen LogP contribution in [0.25, 0.3) is 0 Å². The van der Waals surface area contributed by atoms with Crippen molar-refractivity contribution in [3.63, 3.8) is 0 Å². The Labute approximate surface area is 62.9 Å². The lowest BCUT2D eigenvalue weighted by atomic mass is 10.1. The molecule has 0 radical (unpaired) electrons. The van der Waals surface area contributed by atoms with E-state index in [9.17, 15) is 0 Å². The predicted molar refractivity (Wildman–Crippen MR) is 44.3 cm³/mol. The normalized spacial score (nSPS) is 10.9. The van der Waals surface area contributed by atoms with Crippen molar-refractivity contribution in [2.24, 2.45) is 0 Å². The van der Waals surface area contributed by atoms with Crippen LogP contribution in [0.15, 0.2) is 0 Å². The second kappa shape index (κ2) is 2.90. The van der Waals surface area contributed by atoms with Crippen molar-refractivity contribution in [3.05, 3.63) is 0 Å². The molecule has 0 spiro atoms. The summed E-state index contributed by atoms with van der Waals surface area (Å²) in [6, 6.07) is 0. The van der Waals surface area contributed by atoms with Crippen molar-refractivity contribution in [3.8, 4) is 0 Å². The fraction of sp³-hybridized carbons (Fsp3) is 0.857. The summed E-state index contributed by atoms with van der Waals surface area (Å²) in [6.45, 7) is 6.10. The summed E-state index contributed by atoms with van der Waals surface area (Å²) in [4.78, 5) is 1.74. The van der Waals surface area contributed by atoms with Crippen LogP contribution in [0.1, 0.15) is 20.8 Å². The number of nitrogens with zero attached hydrogens (tertiary/aromatic N) is 1. The minimum atomic E-state index is -0.0125. The molecule has 0 heterocycles. The summed E-state index contributed by atoms with van der Waals surface area (Å²) in [5.74, 6) is 0.451. The predicted octanol–water partition coefficient (Wildman–Crippen LogP) is 0.871. The molecule has 2 N–H and O–H groups in total. The maximum absolute atomic E-state index is 7.41. The van der Waals surface area contributed by atoms with Crippen LogP contribution in [0.2, 0.25) is 0 Å².